The van der Waals surface area contributed by atoms with Crippen molar-refractivity contribution in [3.63, 3.8) is 0 Å². The third-order valence-electron chi connectivity index (χ3n) is 1.93. The zero-order valence-electron chi connectivity index (χ0n) is 5.71. The van der Waals surface area contributed by atoms with Crippen LogP contribution in [0.5, 0.6) is 0 Å². The van der Waals surface area contributed by atoms with Crippen molar-refractivity contribution in [3.05, 3.63) is 18.4 Å². The van der Waals surface area contributed by atoms with Crippen molar-refractivity contribution in [2.45, 2.75) is 12.3 Å². The summed E-state index contributed by atoms with van der Waals surface area (Å²) in [6, 6.07) is 0. The van der Waals surface area contributed by atoms with E-state index in [1.165, 1.54) is 12.8 Å². The molecular weight excluding hydrogens is 128 g/mol. The molecule has 0 amide bonds. The average Bonchev–Trinajstić information content (AvgIpc) is 2.59. The van der Waals surface area contributed by atoms with Gasteiger partial charge in [-0.1, -0.05) is 0 Å². The number of hydrogen-bond donors (Lipinski definition) is 1. The van der Waals surface area contributed by atoms with Crippen LogP contribution in [-0.4, -0.2) is 18.1 Å². The van der Waals surface area contributed by atoms with Crippen LogP contribution in [0, 0.1) is 0 Å². The van der Waals surface area contributed by atoms with Gasteiger partial charge in [-0.05, 0) is 13.0 Å². The zero-order valence-corrected chi connectivity index (χ0v) is 5.71. The van der Waals surface area contributed by atoms with Crippen LogP contribution in [0.1, 0.15) is 18.0 Å². The second-order valence-electron chi connectivity index (χ2n) is 2.60. The summed E-state index contributed by atoms with van der Waals surface area (Å²) >= 11 is 0. The summed E-state index contributed by atoms with van der Waals surface area (Å²) in [4.78, 5) is 4.09. The first-order valence-electron chi connectivity index (χ1n) is 3.55. The molecule has 0 aliphatic carbocycles. The van der Waals surface area contributed by atoms with Gasteiger partial charge in [0.05, 0.1) is 5.69 Å². The molecule has 3 nitrogen and oxygen atoms in total. The summed E-state index contributed by atoms with van der Waals surface area (Å²) in [7, 11) is 0. The maximum atomic E-state index is 4.89. The van der Waals surface area contributed by atoms with E-state index < -0.39 is 0 Å². The molecule has 2 heterocycles. The lowest BCUT2D eigenvalue weighted by molar-refractivity contribution is 0.554. The Balaban J connectivity index is 2.12. The second-order valence-corrected chi connectivity index (χ2v) is 2.60. The van der Waals surface area contributed by atoms with Crippen LogP contribution in [-0.2, 0) is 0 Å². The molecule has 1 aliphatic heterocycles. The molecule has 1 aromatic rings. The molecular formula is C7H10N2O. The number of nitrogens with one attached hydrogen (secondary N) is 1. The van der Waals surface area contributed by atoms with Gasteiger partial charge in [-0.25, -0.2) is 4.98 Å². The fourth-order valence-electron chi connectivity index (χ4n) is 1.33. The van der Waals surface area contributed by atoms with E-state index in [0.29, 0.717) is 5.92 Å². The molecule has 1 atom stereocenters. The van der Waals surface area contributed by atoms with E-state index in [4.69, 9.17) is 4.42 Å². The van der Waals surface area contributed by atoms with E-state index in [-0.39, 0.29) is 0 Å². The molecule has 0 aromatic carbocycles. The minimum absolute atomic E-state index is 0.582. The predicted molar refractivity (Wildman–Crippen MR) is 36.7 cm³/mol. The number of rotatable bonds is 1. The highest BCUT2D eigenvalue weighted by molar-refractivity contribution is 5.04. The zero-order chi connectivity index (χ0) is 6.81. The van der Waals surface area contributed by atoms with E-state index in [0.717, 1.165) is 18.8 Å². The number of oxazole rings is 1. The normalized spacial score (nSPS) is 25.4. The molecule has 1 saturated heterocycles. The van der Waals surface area contributed by atoms with E-state index in [2.05, 4.69) is 10.3 Å². The van der Waals surface area contributed by atoms with Crippen LogP contribution >= 0.6 is 0 Å². The van der Waals surface area contributed by atoms with Crippen LogP contribution in [0.2, 0.25) is 0 Å². The van der Waals surface area contributed by atoms with Gasteiger partial charge in [-0.2, -0.15) is 0 Å². The first-order chi connectivity index (χ1) is 4.97. The Morgan fingerprint density at radius 3 is 3.30 bits per heavy atom. The summed E-state index contributed by atoms with van der Waals surface area (Å²) in [5.41, 5.74) is 1.09. The van der Waals surface area contributed by atoms with E-state index in [1.54, 1.807) is 6.26 Å². The van der Waals surface area contributed by atoms with Crippen LogP contribution in [0.4, 0.5) is 0 Å². The van der Waals surface area contributed by atoms with Crippen molar-refractivity contribution >= 4 is 0 Å². The van der Waals surface area contributed by atoms with Crippen molar-refractivity contribution in [3.8, 4) is 0 Å². The quantitative estimate of drug-likeness (QED) is 0.622. The number of hydrogen-bond acceptors (Lipinski definition) is 3. The molecule has 0 saturated carbocycles. The third kappa shape index (κ3) is 0.926. The summed E-state index contributed by atoms with van der Waals surface area (Å²) in [6.07, 6.45) is 4.41. The van der Waals surface area contributed by atoms with Crippen molar-refractivity contribution < 1.29 is 4.42 Å². The van der Waals surface area contributed by atoms with Crippen molar-refractivity contribution in [2.24, 2.45) is 0 Å². The Kier molecular flexibility index (Phi) is 1.43. The summed E-state index contributed by atoms with van der Waals surface area (Å²) in [5, 5.41) is 3.28. The Hall–Kier alpha value is -0.830. The lowest BCUT2D eigenvalue weighted by atomic mass is 10.1. The largest absolute Gasteiger partial charge is 0.451 e. The highest BCUT2D eigenvalue weighted by atomic mass is 16.3. The molecule has 1 N–H and O–H groups in total. The van der Waals surface area contributed by atoms with Crippen LogP contribution in [0.3, 0.4) is 0 Å². The van der Waals surface area contributed by atoms with Crippen LogP contribution in [0.15, 0.2) is 17.1 Å². The van der Waals surface area contributed by atoms with Crippen molar-refractivity contribution in [2.75, 3.05) is 13.1 Å². The lowest BCUT2D eigenvalue weighted by Gasteiger charge is -1.99. The number of nitrogens with zero attached hydrogens (tertiary/aromatic N) is 1. The van der Waals surface area contributed by atoms with Gasteiger partial charge in [0.2, 0.25) is 0 Å². The Morgan fingerprint density at radius 2 is 2.70 bits per heavy atom. The fourth-order valence-corrected chi connectivity index (χ4v) is 1.33. The molecule has 0 bridgehead atoms. The molecule has 10 heavy (non-hydrogen) atoms. The standard InChI is InChI=1S/C7H10N2O/c1-2-8-3-6(1)7-4-10-5-9-7/h4-6,8H,1-3H2. The van der Waals surface area contributed by atoms with Gasteiger partial charge in [-0.3, -0.25) is 0 Å². The second kappa shape index (κ2) is 2.42. The topological polar surface area (TPSA) is 38.1 Å². The molecule has 0 radical (unpaired) electrons. The number of aromatic nitrogens is 1. The Morgan fingerprint density at radius 1 is 1.70 bits per heavy atom. The summed E-state index contributed by atoms with van der Waals surface area (Å²) < 4.78 is 4.89. The molecule has 54 valence electrons. The van der Waals surface area contributed by atoms with Crippen LogP contribution in [0.25, 0.3) is 0 Å². The average molecular weight is 138 g/mol. The molecule has 3 heteroatoms. The Labute approximate surface area is 59.4 Å². The Bertz CT molecular complexity index is 189. The minimum Gasteiger partial charge on any atom is -0.451 e. The molecule has 1 unspecified atom stereocenters. The first kappa shape index (κ1) is 5.92. The van der Waals surface area contributed by atoms with Crippen LogP contribution < -0.4 is 5.32 Å². The minimum atomic E-state index is 0.582. The lowest BCUT2D eigenvalue weighted by Crippen LogP contribution is -2.07. The monoisotopic (exact) mass is 138 g/mol. The molecule has 2 rings (SSSR count). The van der Waals surface area contributed by atoms with Crippen molar-refractivity contribution in [1.82, 2.24) is 10.3 Å². The summed E-state index contributed by atoms with van der Waals surface area (Å²) in [6.45, 7) is 2.16. The smallest absolute Gasteiger partial charge is 0.180 e. The maximum absolute atomic E-state index is 4.89. The first-order valence-corrected chi connectivity index (χ1v) is 3.55. The van der Waals surface area contributed by atoms with E-state index in [1.807, 2.05) is 0 Å². The van der Waals surface area contributed by atoms with Crippen molar-refractivity contribution in [1.29, 1.82) is 0 Å². The maximum Gasteiger partial charge on any atom is 0.180 e. The van der Waals surface area contributed by atoms with Gasteiger partial charge < -0.3 is 9.73 Å². The molecule has 1 aliphatic rings. The molecule has 1 aromatic heterocycles. The van der Waals surface area contributed by atoms with Gasteiger partial charge in [0, 0.05) is 12.5 Å². The fraction of sp³-hybridized carbons (Fsp3) is 0.571. The molecule has 0 spiro atoms. The van der Waals surface area contributed by atoms with E-state index in [9.17, 15) is 0 Å². The third-order valence-corrected chi connectivity index (χ3v) is 1.93. The van der Waals surface area contributed by atoms with Gasteiger partial charge in [-0.15, -0.1) is 0 Å². The highest BCUT2D eigenvalue weighted by Crippen LogP contribution is 2.19. The molecule has 1 fully saturated rings. The predicted octanol–water partition coefficient (Wildman–Crippen LogP) is 0.752. The van der Waals surface area contributed by atoms with Gasteiger partial charge >= 0.3 is 0 Å². The van der Waals surface area contributed by atoms with Gasteiger partial charge in [0.15, 0.2) is 6.39 Å². The van der Waals surface area contributed by atoms with Gasteiger partial charge in [0.25, 0.3) is 0 Å². The van der Waals surface area contributed by atoms with E-state index >= 15 is 0 Å². The van der Waals surface area contributed by atoms with Gasteiger partial charge in [0.1, 0.15) is 6.26 Å². The highest BCUT2D eigenvalue weighted by Gasteiger charge is 2.18. The summed E-state index contributed by atoms with van der Waals surface area (Å²) in [5.74, 6) is 0.582. The SMILES string of the molecule is c1nc(C2CCNC2)co1.